The van der Waals surface area contributed by atoms with Crippen LogP contribution in [0.25, 0.3) is 10.9 Å². The predicted molar refractivity (Wildman–Crippen MR) is 73.6 cm³/mol. The minimum atomic E-state index is -0.00953. The van der Waals surface area contributed by atoms with Crippen LogP contribution in [0.15, 0.2) is 36.5 Å². The van der Waals surface area contributed by atoms with Gasteiger partial charge in [-0.1, -0.05) is 38.0 Å². The molecule has 0 saturated carbocycles. The van der Waals surface area contributed by atoms with Crippen LogP contribution in [-0.2, 0) is 0 Å². The first-order valence-corrected chi connectivity index (χ1v) is 6.45. The van der Waals surface area contributed by atoms with Crippen molar-refractivity contribution >= 4 is 16.8 Å². The fraction of sp³-hybridized carbons (Fsp3) is 0.333. The lowest BCUT2D eigenvalue weighted by Gasteiger charge is -2.07. The van der Waals surface area contributed by atoms with Crippen LogP contribution >= 0.6 is 0 Å². The number of amides is 1. The molecular formula is C15H18N2O. The van der Waals surface area contributed by atoms with Gasteiger partial charge in [-0.3, -0.25) is 9.78 Å². The molecule has 1 amide bonds. The van der Waals surface area contributed by atoms with E-state index in [4.69, 9.17) is 0 Å². The van der Waals surface area contributed by atoms with E-state index in [0.717, 1.165) is 36.7 Å². The number of rotatable bonds is 5. The fourth-order valence-corrected chi connectivity index (χ4v) is 1.97. The third-order valence-electron chi connectivity index (χ3n) is 2.96. The number of unbranched alkanes of at least 4 members (excludes halogenated alkanes) is 2. The van der Waals surface area contributed by atoms with E-state index >= 15 is 0 Å². The number of fused-ring (bicyclic) bond motifs is 1. The first-order valence-electron chi connectivity index (χ1n) is 6.45. The summed E-state index contributed by atoms with van der Waals surface area (Å²) < 4.78 is 0. The van der Waals surface area contributed by atoms with Gasteiger partial charge in [0, 0.05) is 18.1 Å². The molecule has 0 spiro atoms. The van der Waals surface area contributed by atoms with Crippen molar-refractivity contribution in [3.8, 4) is 0 Å². The van der Waals surface area contributed by atoms with Crippen molar-refractivity contribution in [1.82, 2.24) is 10.3 Å². The first kappa shape index (κ1) is 12.6. The maximum Gasteiger partial charge on any atom is 0.252 e. The number of para-hydroxylation sites is 1. The molecule has 0 bridgehead atoms. The summed E-state index contributed by atoms with van der Waals surface area (Å²) in [7, 11) is 0. The van der Waals surface area contributed by atoms with E-state index in [1.165, 1.54) is 0 Å². The van der Waals surface area contributed by atoms with Crippen LogP contribution in [0.4, 0.5) is 0 Å². The van der Waals surface area contributed by atoms with Crippen molar-refractivity contribution in [2.75, 3.05) is 6.54 Å². The largest absolute Gasteiger partial charge is 0.352 e. The molecule has 0 unspecified atom stereocenters. The van der Waals surface area contributed by atoms with Gasteiger partial charge in [0.25, 0.3) is 5.91 Å². The predicted octanol–water partition coefficient (Wildman–Crippen LogP) is 3.15. The highest BCUT2D eigenvalue weighted by Gasteiger charge is 2.08. The zero-order valence-electron chi connectivity index (χ0n) is 10.6. The number of nitrogens with zero attached hydrogens (tertiary/aromatic N) is 1. The number of nitrogens with one attached hydrogen (secondary N) is 1. The summed E-state index contributed by atoms with van der Waals surface area (Å²) in [6, 6.07) is 9.49. The number of carbonyl (C=O) groups is 1. The highest BCUT2D eigenvalue weighted by atomic mass is 16.1. The van der Waals surface area contributed by atoms with E-state index in [-0.39, 0.29) is 5.91 Å². The Hall–Kier alpha value is -1.90. The highest BCUT2D eigenvalue weighted by molar-refractivity contribution is 6.05. The highest BCUT2D eigenvalue weighted by Crippen LogP contribution is 2.15. The summed E-state index contributed by atoms with van der Waals surface area (Å²) in [5, 5.41) is 3.87. The Morgan fingerprint density at radius 2 is 2.06 bits per heavy atom. The normalized spacial score (nSPS) is 10.5. The summed E-state index contributed by atoms with van der Waals surface area (Å²) in [4.78, 5) is 16.3. The summed E-state index contributed by atoms with van der Waals surface area (Å²) in [5.74, 6) is -0.00953. The molecule has 18 heavy (non-hydrogen) atoms. The van der Waals surface area contributed by atoms with Gasteiger partial charge in [-0.25, -0.2) is 0 Å². The second-order valence-corrected chi connectivity index (χ2v) is 4.34. The summed E-state index contributed by atoms with van der Waals surface area (Å²) in [6.45, 7) is 2.89. The molecule has 0 atom stereocenters. The Bertz CT molecular complexity index is 532. The molecule has 1 N–H and O–H groups in total. The molecule has 1 aromatic heterocycles. The standard InChI is InChI=1S/C15H18N2O/c1-2-3-6-10-17-15(18)13-9-11-16-14-8-5-4-7-12(13)14/h4-5,7-9,11H,2-3,6,10H2,1H3,(H,17,18). The average molecular weight is 242 g/mol. The van der Waals surface area contributed by atoms with E-state index in [2.05, 4.69) is 17.2 Å². The Kier molecular flexibility index (Phi) is 4.29. The zero-order chi connectivity index (χ0) is 12.8. The average Bonchev–Trinajstić information content (AvgIpc) is 2.43. The lowest BCUT2D eigenvalue weighted by Crippen LogP contribution is -2.24. The number of carbonyl (C=O) groups excluding carboxylic acids is 1. The molecule has 0 aliphatic heterocycles. The molecule has 3 nitrogen and oxygen atoms in total. The fourth-order valence-electron chi connectivity index (χ4n) is 1.97. The van der Waals surface area contributed by atoms with Crippen LogP contribution < -0.4 is 5.32 Å². The van der Waals surface area contributed by atoms with Gasteiger partial charge in [0.2, 0.25) is 0 Å². The van der Waals surface area contributed by atoms with E-state index in [1.54, 1.807) is 12.3 Å². The maximum atomic E-state index is 12.1. The molecule has 3 heteroatoms. The van der Waals surface area contributed by atoms with Crippen LogP contribution in [0.5, 0.6) is 0 Å². The number of hydrogen-bond donors (Lipinski definition) is 1. The Morgan fingerprint density at radius 3 is 2.89 bits per heavy atom. The quantitative estimate of drug-likeness (QED) is 0.818. The molecule has 0 fully saturated rings. The molecule has 1 heterocycles. The zero-order valence-corrected chi connectivity index (χ0v) is 10.6. The summed E-state index contributed by atoms with van der Waals surface area (Å²) in [5.41, 5.74) is 1.57. The van der Waals surface area contributed by atoms with Crippen LogP contribution in [0.3, 0.4) is 0 Å². The number of pyridine rings is 1. The van der Waals surface area contributed by atoms with Crippen LogP contribution in [0.1, 0.15) is 36.5 Å². The molecule has 0 saturated heterocycles. The van der Waals surface area contributed by atoms with Crippen LogP contribution in [-0.4, -0.2) is 17.4 Å². The molecule has 2 rings (SSSR count). The SMILES string of the molecule is CCCCCNC(=O)c1ccnc2ccccc12. The van der Waals surface area contributed by atoms with Gasteiger partial charge in [-0.2, -0.15) is 0 Å². The third kappa shape index (κ3) is 2.86. The minimum Gasteiger partial charge on any atom is -0.352 e. The monoisotopic (exact) mass is 242 g/mol. The van der Waals surface area contributed by atoms with Gasteiger partial charge in [0.1, 0.15) is 0 Å². The molecule has 0 aliphatic rings. The van der Waals surface area contributed by atoms with Gasteiger partial charge in [0.05, 0.1) is 11.1 Å². The van der Waals surface area contributed by atoms with Crippen molar-refractivity contribution in [3.63, 3.8) is 0 Å². The second kappa shape index (κ2) is 6.15. The van der Waals surface area contributed by atoms with Gasteiger partial charge >= 0.3 is 0 Å². The topological polar surface area (TPSA) is 42.0 Å². The van der Waals surface area contributed by atoms with Crippen molar-refractivity contribution in [1.29, 1.82) is 0 Å². The van der Waals surface area contributed by atoms with E-state index < -0.39 is 0 Å². The summed E-state index contributed by atoms with van der Waals surface area (Å²) >= 11 is 0. The van der Waals surface area contributed by atoms with E-state index in [0.29, 0.717) is 5.56 Å². The van der Waals surface area contributed by atoms with Crippen molar-refractivity contribution < 1.29 is 4.79 Å². The van der Waals surface area contributed by atoms with Crippen molar-refractivity contribution in [3.05, 3.63) is 42.1 Å². The Morgan fingerprint density at radius 1 is 1.22 bits per heavy atom. The van der Waals surface area contributed by atoms with Gasteiger partial charge in [-0.15, -0.1) is 0 Å². The second-order valence-electron chi connectivity index (χ2n) is 4.34. The van der Waals surface area contributed by atoms with Gasteiger partial charge in [0.15, 0.2) is 0 Å². The molecule has 0 aliphatic carbocycles. The molecule has 0 radical (unpaired) electrons. The van der Waals surface area contributed by atoms with Crippen LogP contribution in [0, 0.1) is 0 Å². The number of aromatic nitrogens is 1. The first-order chi connectivity index (χ1) is 8.83. The number of benzene rings is 1. The molecular weight excluding hydrogens is 224 g/mol. The van der Waals surface area contributed by atoms with Crippen LogP contribution in [0.2, 0.25) is 0 Å². The minimum absolute atomic E-state index is 0.00953. The van der Waals surface area contributed by atoms with Crippen molar-refractivity contribution in [2.24, 2.45) is 0 Å². The molecule has 1 aromatic carbocycles. The maximum absolute atomic E-state index is 12.1. The number of hydrogen-bond acceptors (Lipinski definition) is 2. The van der Waals surface area contributed by atoms with Crippen molar-refractivity contribution in [2.45, 2.75) is 26.2 Å². The van der Waals surface area contributed by atoms with E-state index in [9.17, 15) is 4.79 Å². The third-order valence-corrected chi connectivity index (χ3v) is 2.96. The van der Waals surface area contributed by atoms with Gasteiger partial charge in [-0.05, 0) is 18.6 Å². The smallest absolute Gasteiger partial charge is 0.252 e. The summed E-state index contributed by atoms with van der Waals surface area (Å²) in [6.07, 6.45) is 5.03. The Balaban J connectivity index is 2.13. The lowest BCUT2D eigenvalue weighted by atomic mass is 10.1. The Labute approximate surface area is 107 Å². The van der Waals surface area contributed by atoms with E-state index in [1.807, 2.05) is 24.3 Å². The van der Waals surface area contributed by atoms with Gasteiger partial charge < -0.3 is 5.32 Å². The lowest BCUT2D eigenvalue weighted by molar-refractivity contribution is 0.0954. The molecule has 2 aromatic rings. The molecule has 94 valence electrons.